The van der Waals surface area contributed by atoms with Gasteiger partial charge in [0, 0.05) is 11.1 Å². The molecule has 92 valence electrons. The molecule has 6 heteroatoms. The van der Waals surface area contributed by atoms with E-state index in [0.717, 1.165) is 0 Å². The van der Waals surface area contributed by atoms with E-state index >= 15 is 0 Å². The van der Waals surface area contributed by atoms with Crippen LogP contribution in [0.5, 0.6) is 0 Å². The lowest BCUT2D eigenvalue weighted by molar-refractivity contribution is 0.0998. The van der Waals surface area contributed by atoms with Gasteiger partial charge in [-0.25, -0.2) is 4.39 Å². The first-order valence-electron chi connectivity index (χ1n) is 5.10. The first-order chi connectivity index (χ1) is 8.61. The molecular formula is C12H9ClFN3O. The Hall–Kier alpha value is -2.01. The number of halogens is 2. The summed E-state index contributed by atoms with van der Waals surface area (Å²) in [6.07, 6.45) is 0. The molecule has 0 atom stereocenters. The smallest absolute Gasteiger partial charge is 0.249 e. The third-order valence-electron chi connectivity index (χ3n) is 2.44. The highest BCUT2D eigenvalue weighted by atomic mass is 35.5. The zero-order valence-corrected chi connectivity index (χ0v) is 9.99. The number of nitrogens with two attached hydrogens (primary N) is 1. The van der Waals surface area contributed by atoms with Crippen molar-refractivity contribution >= 4 is 17.5 Å². The van der Waals surface area contributed by atoms with Crippen LogP contribution in [0.4, 0.5) is 4.39 Å². The van der Waals surface area contributed by atoms with Crippen LogP contribution in [0.2, 0.25) is 5.15 Å². The normalized spacial score (nSPS) is 10.3. The maximum absolute atomic E-state index is 12.8. The van der Waals surface area contributed by atoms with Crippen LogP contribution >= 0.6 is 11.6 Å². The monoisotopic (exact) mass is 265 g/mol. The number of hydrogen-bond donors (Lipinski definition) is 1. The molecule has 2 aromatic rings. The molecule has 0 spiro atoms. The van der Waals surface area contributed by atoms with E-state index in [1.165, 1.54) is 12.1 Å². The fourth-order valence-corrected chi connectivity index (χ4v) is 1.67. The Morgan fingerprint density at radius 3 is 2.61 bits per heavy atom. The highest BCUT2D eigenvalue weighted by Crippen LogP contribution is 2.21. The summed E-state index contributed by atoms with van der Waals surface area (Å²) in [5.41, 5.74) is 6.75. The summed E-state index contributed by atoms with van der Waals surface area (Å²) < 4.78 is 12.8. The van der Waals surface area contributed by atoms with Crippen molar-refractivity contribution in [2.45, 2.75) is 6.67 Å². The maximum Gasteiger partial charge on any atom is 0.249 e. The van der Waals surface area contributed by atoms with Gasteiger partial charge in [-0.15, -0.1) is 10.2 Å². The van der Waals surface area contributed by atoms with Gasteiger partial charge in [0.05, 0.1) is 5.69 Å². The third kappa shape index (κ3) is 2.46. The molecule has 0 fully saturated rings. The average Bonchev–Trinajstić information content (AvgIpc) is 2.38. The first kappa shape index (κ1) is 12.4. The quantitative estimate of drug-likeness (QED) is 0.926. The van der Waals surface area contributed by atoms with Crippen LogP contribution in [-0.4, -0.2) is 16.1 Å². The van der Waals surface area contributed by atoms with E-state index in [-0.39, 0.29) is 16.3 Å². The minimum atomic E-state index is -0.771. The summed E-state index contributed by atoms with van der Waals surface area (Å²) in [6.45, 7) is -0.771. The number of benzene rings is 1. The van der Waals surface area contributed by atoms with Crippen LogP contribution in [-0.2, 0) is 6.67 Å². The summed E-state index contributed by atoms with van der Waals surface area (Å²) in [5.74, 6) is -0.656. The summed E-state index contributed by atoms with van der Waals surface area (Å²) in [7, 11) is 0. The van der Waals surface area contributed by atoms with Gasteiger partial charge in [-0.05, 0) is 29.8 Å². The highest BCUT2D eigenvalue weighted by molar-refractivity contribution is 6.29. The van der Waals surface area contributed by atoms with Gasteiger partial charge in [0.1, 0.15) is 6.67 Å². The van der Waals surface area contributed by atoms with Crippen molar-refractivity contribution in [2.24, 2.45) is 5.73 Å². The van der Waals surface area contributed by atoms with Crippen LogP contribution < -0.4 is 5.73 Å². The lowest BCUT2D eigenvalue weighted by atomic mass is 10.0. The predicted octanol–water partition coefficient (Wildman–Crippen LogP) is 2.37. The zero-order chi connectivity index (χ0) is 13.1. The minimum absolute atomic E-state index is 0.170. The summed E-state index contributed by atoms with van der Waals surface area (Å²) in [5, 5.41) is 7.85. The van der Waals surface area contributed by atoms with E-state index in [1.807, 2.05) is 0 Å². The van der Waals surface area contributed by atoms with E-state index in [2.05, 4.69) is 10.2 Å². The number of carbonyl (C=O) groups excluding carboxylic acids is 1. The Labute approximate surface area is 108 Å². The van der Waals surface area contributed by atoms with Crippen molar-refractivity contribution in [3.63, 3.8) is 0 Å². The van der Waals surface area contributed by atoms with E-state index in [0.29, 0.717) is 11.3 Å². The van der Waals surface area contributed by atoms with Crippen molar-refractivity contribution in [2.75, 3.05) is 0 Å². The molecule has 0 bridgehead atoms. The van der Waals surface area contributed by atoms with Crippen LogP contribution in [0, 0.1) is 0 Å². The molecule has 4 nitrogen and oxygen atoms in total. The molecule has 2 rings (SSSR count). The van der Waals surface area contributed by atoms with Gasteiger partial charge < -0.3 is 5.73 Å². The predicted molar refractivity (Wildman–Crippen MR) is 65.8 cm³/mol. The Bertz CT molecular complexity index is 586. The Morgan fingerprint density at radius 1 is 1.28 bits per heavy atom. The molecule has 0 radical (unpaired) electrons. The molecule has 0 aliphatic carbocycles. The number of carbonyl (C=O) groups is 1. The van der Waals surface area contributed by atoms with Gasteiger partial charge in [0.25, 0.3) is 0 Å². The molecular weight excluding hydrogens is 257 g/mol. The number of alkyl halides is 1. The van der Waals surface area contributed by atoms with Crippen molar-refractivity contribution in [1.82, 2.24) is 10.2 Å². The fraction of sp³-hybridized carbons (Fsp3) is 0.0833. The number of nitrogens with zero attached hydrogens (tertiary/aromatic N) is 2. The van der Waals surface area contributed by atoms with Crippen molar-refractivity contribution in [1.29, 1.82) is 0 Å². The summed E-state index contributed by atoms with van der Waals surface area (Å²) >= 11 is 5.63. The molecule has 1 heterocycles. The largest absolute Gasteiger partial charge is 0.366 e. The van der Waals surface area contributed by atoms with Gasteiger partial charge in [-0.3, -0.25) is 4.79 Å². The van der Waals surface area contributed by atoms with E-state index in [1.54, 1.807) is 18.2 Å². The molecule has 0 saturated carbocycles. The number of primary amides is 1. The van der Waals surface area contributed by atoms with Crippen LogP contribution in [0.25, 0.3) is 11.3 Å². The minimum Gasteiger partial charge on any atom is -0.366 e. The highest BCUT2D eigenvalue weighted by Gasteiger charge is 2.10. The van der Waals surface area contributed by atoms with Crippen LogP contribution in [0.3, 0.4) is 0 Å². The summed E-state index contributed by atoms with van der Waals surface area (Å²) in [6, 6.07) is 7.88. The maximum atomic E-state index is 12.8. The average molecular weight is 266 g/mol. The second kappa shape index (κ2) is 5.10. The van der Waals surface area contributed by atoms with Crippen molar-refractivity contribution in [3.8, 4) is 11.3 Å². The molecule has 0 saturated heterocycles. The molecule has 1 amide bonds. The van der Waals surface area contributed by atoms with Gasteiger partial charge in [0.15, 0.2) is 5.15 Å². The molecule has 2 N–H and O–H groups in total. The fourth-order valence-electron chi connectivity index (χ4n) is 1.57. The van der Waals surface area contributed by atoms with Crippen molar-refractivity contribution in [3.05, 3.63) is 46.6 Å². The van der Waals surface area contributed by atoms with Crippen LogP contribution in [0.1, 0.15) is 15.9 Å². The first-order valence-corrected chi connectivity index (χ1v) is 5.48. The molecule has 1 aromatic carbocycles. The Kier molecular flexibility index (Phi) is 3.53. The SMILES string of the molecule is NC(=O)c1ccc(-c2ccc(Cl)nn2)cc1CF. The van der Waals surface area contributed by atoms with Crippen LogP contribution in [0.15, 0.2) is 30.3 Å². The number of aromatic nitrogens is 2. The molecule has 1 aromatic heterocycles. The number of hydrogen-bond acceptors (Lipinski definition) is 3. The van der Waals surface area contributed by atoms with Gasteiger partial charge >= 0.3 is 0 Å². The zero-order valence-electron chi connectivity index (χ0n) is 9.23. The van der Waals surface area contributed by atoms with Gasteiger partial charge in [-0.1, -0.05) is 17.7 Å². The molecule has 0 unspecified atom stereocenters. The topological polar surface area (TPSA) is 68.9 Å². The second-order valence-corrected chi connectivity index (χ2v) is 4.00. The number of rotatable bonds is 3. The lowest BCUT2D eigenvalue weighted by Crippen LogP contribution is -2.13. The van der Waals surface area contributed by atoms with E-state index in [9.17, 15) is 9.18 Å². The number of amides is 1. The van der Waals surface area contributed by atoms with E-state index < -0.39 is 12.6 Å². The van der Waals surface area contributed by atoms with Gasteiger partial charge in [0.2, 0.25) is 5.91 Å². The van der Waals surface area contributed by atoms with Gasteiger partial charge in [-0.2, -0.15) is 0 Å². The molecule has 18 heavy (non-hydrogen) atoms. The lowest BCUT2D eigenvalue weighted by Gasteiger charge is -2.06. The molecule has 0 aliphatic heterocycles. The molecule has 0 aliphatic rings. The van der Waals surface area contributed by atoms with Crippen molar-refractivity contribution < 1.29 is 9.18 Å². The Balaban J connectivity index is 2.47. The van der Waals surface area contributed by atoms with E-state index in [4.69, 9.17) is 17.3 Å². The second-order valence-electron chi connectivity index (χ2n) is 3.61. The standard InChI is InChI=1S/C12H9ClFN3O/c13-11-4-3-10(16-17-11)7-1-2-9(12(15)18)8(5-7)6-14/h1-5H,6H2,(H2,15,18). The summed E-state index contributed by atoms with van der Waals surface area (Å²) in [4.78, 5) is 11.1. The Morgan fingerprint density at radius 2 is 2.06 bits per heavy atom. The third-order valence-corrected chi connectivity index (χ3v) is 2.64.